The minimum atomic E-state index is 0.534. The van der Waals surface area contributed by atoms with Gasteiger partial charge in [-0.2, -0.15) is 15.0 Å². The van der Waals surface area contributed by atoms with Crippen LogP contribution in [0.4, 0.5) is 0 Å². The quantitative estimate of drug-likeness (QED) is 0.152. The normalized spacial score (nSPS) is 11.9. The molecule has 382 valence electrons. The molecule has 0 unspecified atom stereocenters. The molecule has 7 heteroatoms. The first-order valence-corrected chi connectivity index (χ1v) is 29.3. The summed E-state index contributed by atoms with van der Waals surface area (Å²) in [5, 5.41) is 9.64. The van der Waals surface area contributed by atoms with Gasteiger partial charge in [0.25, 0.3) is 0 Å². The highest BCUT2D eigenvalue weighted by atomic mass is 32.1. The molecule has 0 saturated carbocycles. The van der Waals surface area contributed by atoms with Crippen molar-refractivity contribution in [3.05, 3.63) is 273 Å². The fraction of sp³-hybridized carbons (Fsp3) is 0. The lowest BCUT2D eigenvalue weighted by Gasteiger charge is -2.14. The number of para-hydroxylation sites is 2. The molecule has 17 aromatic rings. The third-order valence-corrected chi connectivity index (χ3v) is 18.7. The number of hydrogen-bond acceptors (Lipinski definition) is 5. The Morgan fingerprint density at radius 3 is 1.05 bits per heavy atom. The van der Waals surface area contributed by atoms with Crippen molar-refractivity contribution < 1.29 is 0 Å². The lowest BCUT2D eigenvalue weighted by atomic mass is 9.93. The van der Waals surface area contributed by atoms with Crippen LogP contribution in [0.1, 0.15) is 0 Å². The molecule has 0 saturated heterocycles. The predicted octanol–water partition coefficient (Wildman–Crippen LogP) is 20.8. The van der Waals surface area contributed by atoms with Gasteiger partial charge in [-0.1, -0.05) is 176 Å². The van der Waals surface area contributed by atoms with E-state index in [-0.39, 0.29) is 0 Å². The molecule has 0 bridgehead atoms. The van der Waals surface area contributed by atoms with Crippen molar-refractivity contribution in [2.45, 2.75) is 0 Å². The molecule has 0 N–H and O–H groups in total. The van der Waals surface area contributed by atoms with Gasteiger partial charge >= 0.3 is 0 Å². The first-order valence-electron chi connectivity index (χ1n) is 27.6. The molecular formula is C75H45N5S2. The summed E-state index contributed by atoms with van der Waals surface area (Å²) in [6.45, 7) is 0. The summed E-state index contributed by atoms with van der Waals surface area (Å²) in [5.74, 6) is 1.64. The van der Waals surface area contributed by atoms with E-state index in [1.165, 1.54) is 51.5 Å². The zero-order chi connectivity index (χ0) is 53.8. The summed E-state index contributed by atoms with van der Waals surface area (Å²) < 4.78 is 9.65. The van der Waals surface area contributed by atoms with Crippen LogP contribution in [0.15, 0.2) is 273 Å². The summed E-state index contributed by atoms with van der Waals surface area (Å²) >= 11 is 3.69. The highest BCUT2D eigenvalue weighted by Gasteiger charge is 2.23. The lowest BCUT2D eigenvalue weighted by Crippen LogP contribution is -2.10. The van der Waals surface area contributed by atoms with E-state index in [1.54, 1.807) is 0 Å². The fourth-order valence-corrected chi connectivity index (χ4v) is 14.6. The van der Waals surface area contributed by atoms with Crippen LogP contribution in [-0.2, 0) is 0 Å². The van der Waals surface area contributed by atoms with Gasteiger partial charge in [0, 0.05) is 67.5 Å². The maximum absolute atomic E-state index is 5.60. The zero-order valence-electron chi connectivity index (χ0n) is 44.0. The molecule has 0 fully saturated rings. The molecule has 5 nitrogen and oxygen atoms in total. The summed E-state index contributed by atoms with van der Waals surface area (Å²) in [6, 6.07) is 99.0. The van der Waals surface area contributed by atoms with Gasteiger partial charge in [-0.05, 0) is 153 Å². The smallest absolute Gasteiger partial charge is 0.240 e. The largest absolute Gasteiger partial charge is 0.278 e. The van der Waals surface area contributed by atoms with Crippen LogP contribution in [0, 0.1) is 0 Å². The SMILES string of the molecule is c1ccc(-c2cc(-c3ccccc3)cc(-c3cccc(-c4nc(-n5c6ccccc6c6cc(-c7ccc8sc9ccccc9c8c7)ccc65)nc(-n5c6ccccc6c6cc(-c7ccc8sc9ccccc9c8c7)ccc65)n4)c3)c2)cc1. The molecule has 0 amide bonds. The summed E-state index contributed by atoms with van der Waals surface area (Å²) in [7, 11) is 0. The van der Waals surface area contributed by atoms with Crippen LogP contribution in [-0.4, -0.2) is 24.1 Å². The second-order valence-electron chi connectivity index (χ2n) is 21.2. The minimum Gasteiger partial charge on any atom is -0.278 e. The number of fused-ring (bicyclic) bond motifs is 12. The Kier molecular flexibility index (Phi) is 10.6. The van der Waals surface area contributed by atoms with E-state index in [1.807, 2.05) is 22.7 Å². The maximum Gasteiger partial charge on any atom is 0.240 e. The number of hydrogen-bond donors (Lipinski definition) is 0. The molecular weight excluding hydrogens is 1030 g/mol. The number of aromatic nitrogens is 5. The highest BCUT2D eigenvalue weighted by Crippen LogP contribution is 2.42. The summed E-state index contributed by atoms with van der Waals surface area (Å²) in [4.78, 5) is 16.7. The van der Waals surface area contributed by atoms with Gasteiger partial charge in [0.05, 0.1) is 22.1 Å². The van der Waals surface area contributed by atoms with Crippen LogP contribution >= 0.6 is 22.7 Å². The average molecular weight is 1080 g/mol. The molecule has 0 spiro atoms. The van der Waals surface area contributed by atoms with Gasteiger partial charge in [0.15, 0.2) is 5.82 Å². The molecule has 12 aromatic carbocycles. The van der Waals surface area contributed by atoms with Gasteiger partial charge in [0.2, 0.25) is 11.9 Å². The van der Waals surface area contributed by atoms with Crippen molar-refractivity contribution in [1.29, 1.82) is 0 Å². The lowest BCUT2D eigenvalue weighted by molar-refractivity contribution is 0.893. The molecule has 0 atom stereocenters. The zero-order valence-corrected chi connectivity index (χ0v) is 45.7. The molecule has 5 heterocycles. The number of rotatable bonds is 8. The van der Waals surface area contributed by atoms with Gasteiger partial charge in [0.1, 0.15) is 0 Å². The summed E-state index contributed by atoms with van der Waals surface area (Å²) in [6.07, 6.45) is 0. The second-order valence-corrected chi connectivity index (χ2v) is 23.3. The fourth-order valence-electron chi connectivity index (χ4n) is 12.5. The van der Waals surface area contributed by atoms with E-state index in [4.69, 9.17) is 15.0 Å². The third kappa shape index (κ3) is 7.62. The Hall–Kier alpha value is -10.3. The van der Waals surface area contributed by atoms with Gasteiger partial charge in [-0.3, -0.25) is 9.13 Å². The van der Waals surface area contributed by atoms with Crippen molar-refractivity contribution in [1.82, 2.24) is 24.1 Å². The Morgan fingerprint density at radius 2 is 0.549 bits per heavy atom. The monoisotopic (exact) mass is 1080 g/mol. The van der Waals surface area contributed by atoms with Crippen molar-refractivity contribution in [2.75, 3.05) is 0 Å². The maximum atomic E-state index is 5.60. The highest BCUT2D eigenvalue weighted by molar-refractivity contribution is 7.26. The van der Waals surface area contributed by atoms with Gasteiger partial charge in [-0.15, -0.1) is 22.7 Å². The van der Waals surface area contributed by atoms with Crippen molar-refractivity contribution in [3.8, 4) is 78.9 Å². The second kappa shape index (κ2) is 18.6. The topological polar surface area (TPSA) is 48.5 Å². The number of nitrogens with zero attached hydrogens (tertiary/aromatic N) is 5. The Morgan fingerprint density at radius 1 is 0.207 bits per heavy atom. The van der Waals surface area contributed by atoms with E-state index in [2.05, 4.69) is 282 Å². The predicted molar refractivity (Wildman–Crippen MR) is 347 cm³/mol. The van der Waals surface area contributed by atoms with Crippen molar-refractivity contribution in [2.24, 2.45) is 0 Å². The van der Waals surface area contributed by atoms with Crippen LogP contribution in [0.2, 0.25) is 0 Å². The molecule has 0 aliphatic heterocycles. The molecule has 0 radical (unpaired) electrons. The standard InChI is InChI=1S/C75H45N5S2/c1-3-16-46(17-4-1)54-39-55(47-18-5-2-6-19-47)41-56(40-54)48-20-15-21-53(38-48)73-76-74(79-65-26-11-7-22-57(65)61-42-49(30-34-67(61)79)51-32-36-71-63(44-51)59-24-9-13-28-69(59)81-71)78-75(77-73)80-66-27-12-8-23-58(66)62-43-50(31-35-68(62)80)52-33-37-72-64(45-52)60-25-10-14-29-70(60)82-72/h1-45H. The molecule has 5 aromatic heterocycles. The Labute approximate surface area is 479 Å². The number of thiophene rings is 2. The Balaban J connectivity index is 0.871. The first kappa shape index (κ1) is 46.6. The van der Waals surface area contributed by atoms with Gasteiger partial charge < -0.3 is 0 Å². The number of benzene rings is 12. The van der Waals surface area contributed by atoms with Crippen molar-refractivity contribution in [3.63, 3.8) is 0 Å². The van der Waals surface area contributed by atoms with E-state index < -0.39 is 0 Å². The van der Waals surface area contributed by atoms with E-state index in [0.717, 1.165) is 93.7 Å². The van der Waals surface area contributed by atoms with E-state index in [9.17, 15) is 0 Å². The van der Waals surface area contributed by atoms with Crippen LogP contribution in [0.3, 0.4) is 0 Å². The molecule has 17 rings (SSSR count). The molecule has 0 aliphatic carbocycles. The Bertz CT molecular complexity index is 5110. The first-order chi connectivity index (χ1) is 40.6. The third-order valence-electron chi connectivity index (χ3n) is 16.4. The van der Waals surface area contributed by atoms with E-state index >= 15 is 0 Å². The van der Waals surface area contributed by atoms with E-state index in [0.29, 0.717) is 17.7 Å². The van der Waals surface area contributed by atoms with Gasteiger partial charge in [-0.25, -0.2) is 0 Å². The average Bonchev–Trinajstić information content (AvgIpc) is 3.76. The van der Waals surface area contributed by atoms with Crippen LogP contribution < -0.4 is 0 Å². The van der Waals surface area contributed by atoms with Crippen LogP contribution in [0.5, 0.6) is 0 Å². The molecule has 82 heavy (non-hydrogen) atoms. The molecule has 0 aliphatic rings. The van der Waals surface area contributed by atoms with Crippen molar-refractivity contribution >= 4 is 107 Å². The minimum absolute atomic E-state index is 0.534. The summed E-state index contributed by atoms with van der Waals surface area (Å²) in [5.41, 5.74) is 16.4. The van der Waals surface area contributed by atoms with Crippen LogP contribution in [0.25, 0.3) is 163 Å².